The minimum absolute atomic E-state index is 0.190. The van der Waals surface area contributed by atoms with Crippen LogP contribution in [-0.2, 0) is 4.57 Å². The molecule has 2 aromatic rings. The van der Waals surface area contributed by atoms with Crippen molar-refractivity contribution in [3.63, 3.8) is 0 Å². The van der Waals surface area contributed by atoms with Gasteiger partial charge in [-0.15, -0.1) is 0 Å². The van der Waals surface area contributed by atoms with Crippen molar-refractivity contribution in [2.75, 3.05) is 0 Å². The Balaban J connectivity index is 1.88. The van der Waals surface area contributed by atoms with E-state index in [9.17, 15) is 4.57 Å². The number of rotatable bonds is 5. The van der Waals surface area contributed by atoms with Crippen molar-refractivity contribution in [1.82, 2.24) is 0 Å². The molecule has 0 radical (unpaired) electrons. The molecule has 26 heavy (non-hydrogen) atoms. The number of benzene rings is 2. The van der Waals surface area contributed by atoms with E-state index in [0.717, 1.165) is 23.5 Å². The molecule has 2 aliphatic carbocycles. The van der Waals surface area contributed by atoms with Crippen LogP contribution < -0.4 is 10.6 Å². The van der Waals surface area contributed by atoms with Gasteiger partial charge in [0, 0.05) is 16.3 Å². The average Bonchev–Trinajstić information content (AvgIpc) is 3.24. The molecule has 1 nitrogen and oxygen atoms in total. The molecule has 2 aliphatic rings. The normalized spacial score (nSPS) is 19.9. The molecule has 1 fully saturated rings. The van der Waals surface area contributed by atoms with Gasteiger partial charge in [-0.25, -0.2) is 0 Å². The second-order valence-electron chi connectivity index (χ2n) is 7.84. The Bertz CT molecular complexity index is 744. The third-order valence-corrected chi connectivity index (χ3v) is 9.89. The molecule has 0 N–H and O–H groups in total. The summed E-state index contributed by atoms with van der Waals surface area (Å²) in [5, 5.41) is 2.07. The van der Waals surface area contributed by atoms with E-state index in [1.165, 1.54) is 44.1 Å². The van der Waals surface area contributed by atoms with Gasteiger partial charge in [0.05, 0.1) is 0 Å². The monoisotopic (exact) mass is 364 g/mol. The van der Waals surface area contributed by atoms with Crippen LogP contribution in [0.1, 0.15) is 51.4 Å². The lowest BCUT2D eigenvalue weighted by molar-refractivity contribution is 0.354. The van der Waals surface area contributed by atoms with Crippen molar-refractivity contribution in [1.29, 1.82) is 0 Å². The van der Waals surface area contributed by atoms with E-state index < -0.39 is 7.14 Å². The van der Waals surface area contributed by atoms with Crippen LogP contribution in [0.15, 0.2) is 72.3 Å². The third-order valence-electron chi connectivity index (χ3n) is 6.22. The summed E-state index contributed by atoms with van der Waals surface area (Å²) in [6.07, 6.45) is 12.3. The van der Waals surface area contributed by atoms with Crippen LogP contribution >= 0.6 is 7.14 Å². The summed E-state index contributed by atoms with van der Waals surface area (Å²) in [6, 6.07) is 20.6. The first kappa shape index (κ1) is 17.8. The van der Waals surface area contributed by atoms with Gasteiger partial charge in [-0.1, -0.05) is 91.6 Å². The summed E-state index contributed by atoms with van der Waals surface area (Å²) in [7, 11) is -2.72. The summed E-state index contributed by atoms with van der Waals surface area (Å²) in [5.74, 6) is 0.555. The highest BCUT2D eigenvalue weighted by Crippen LogP contribution is 2.58. The van der Waals surface area contributed by atoms with Gasteiger partial charge in [0.25, 0.3) is 0 Å². The van der Waals surface area contributed by atoms with Crippen LogP contribution in [0.4, 0.5) is 0 Å². The zero-order valence-electron chi connectivity index (χ0n) is 15.5. The largest absolute Gasteiger partial charge is 0.313 e. The van der Waals surface area contributed by atoms with Crippen LogP contribution in [0, 0.1) is 5.92 Å². The van der Waals surface area contributed by atoms with Crippen LogP contribution in [0.3, 0.4) is 0 Å². The fraction of sp³-hybridized carbons (Fsp3) is 0.417. The van der Waals surface area contributed by atoms with Crippen LogP contribution in [0.25, 0.3) is 0 Å². The first-order valence-corrected chi connectivity index (χ1v) is 12.0. The van der Waals surface area contributed by atoms with Gasteiger partial charge in [0.15, 0.2) is 0 Å². The van der Waals surface area contributed by atoms with Gasteiger partial charge >= 0.3 is 0 Å². The van der Waals surface area contributed by atoms with Crippen molar-refractivity contribution >= 4 is 17.8 Å². The zero-order valence-corrected chi connectivity index (χ0v) is 16.4. The van der Waals surface area contributed by atoms with E-state index in [0.29, 0.717) is 5.92 Å². The molecule has 0 saturated heterocycles. The molecule has 1 atom stereocenters. The third kappa shape index (κ3) is 3.35. The Morgan fingerprint density at radius 3 is 1.85 bits per heavy atom. The van der Waals surface area contributed by atoms with Crippen molar-refractivity contribution in [3.8, 4) is 0 Å². The summed E-state index contributed by atoms with van der Waals surface area (Å²) in [4.78, 5) is 0. The highest BCUT2D eigenvalue weighted by atomic mass is 31.2. The molecule has 0 amide bonds. The number of hydrogen-bond donors (Lipinski definition) is 0. The molecular formula is C24H29OP. The van der Waals surface area contributed by atoms with Crippen molar-refractivity contribution in [2.24, 2.45) is 5.92 Å². The molecule has 0 unspecified atom stereocenters. The van der Waals surface area contributed by atoms with Crippen LogP contribution in [-0.4, -0.2) is 5.66 Å². The van der Waals surface area contributed by atoms with Gasteiger partial charge in [-0.3, -0.25) is 0 Å². The first-order valence-electron chi connectivity index (χ1n) is 10.2. The molecule has 0 spiro atoms. The molecule has 2 heteroatoms. The van der Waals surface area contributed by atoms with Crippen LogP contribution in [0.2, 0.25) is 0 Å². The van der Waals surface area contributed by atoms with E-state index >= 15 is 0 Å². The molecule has 4 rings (SSSR count). The second kappa shape index (κ2) is 7.97. The highest BCUT2D eigenvalue weighted by Gasteiger charge is 2.43. The molecule has 0 aromatic heterocycles. The average molecular weight is 364 g/mol. The van der Waals surface area contributed by atoms with E-state index in [1.807, 2.05) is 36.4 Å². The maximum absolute atomic E-state index is 15.0. The minimum atomic E-state index is -2.72. The Morgan fingerprint density at radius 1 is 0.769 bits per heavy atom. The fourth-order valence-electron chi connectivity index (χ4n) is 5.02. The summed E-state index contributed by atoms with van der Waals surface area (Å²) >= 11 is 0. The highest BCUT2D eigenvalue weighted by molar-refractivity contribution is 7.79. The zero-order chi connectivity index (χ0) is 17.8. The molecule has 0 aliphatic heterocycles. The number of hydrogen-bond acceptors (Lipinski definition) is 1. The smallest absolute Gasteiger partial charge is 0.150 e. The minimum Gasteiger partial charge on any atom is -0.313 e. The van der Waals surface area contributed by atoms with E-state index in [2.05, 4.69) is 30.3 Å². The first-order chi connectivity index (χ1) is 12.8. The summed E-state index contributed by atoms with van der Waals surface area (Å²) < 4.78 is 15.0. The standard InChI is InChI=1S/C24H29OP/c25-26(22-16-6-2-7-17-22,23-18-8-3-9-19-23)24(21-14-10-11-15-21)20-12-4-1-5-13-20/h2-3,6-9,14,16-20,24H,1,4-5,10-13,15H2/t24-/m0/s1. The van der Waals surface area contributed by atoms with Gasteiger partial charge in [0.2, 0.25) is 0 Å². The quantitative estimate of drug-likeness (QED) is 0.465. The summed E-state index contributed by atoms with van der Waals surface area (Å²) in [6.45, 7) is 0. The van der Waals surface area contributed by atoms with Gasteiger partial charge in [-0.05, 0) is 38.0 Å². The Kier molecular flexibility index (Phi) is 5.46. The molecule has 1 saturated carbocycles. The van der Waals surface area contributed by atoms with E-state index in [-0.39, 0.29) is 5.66 Å². The SMILES string of the molecule is O=P(c1ccccc1)(c1ccccc1)[C@H](C1=CCCC1)C1CCCCC1. The molecule has 136 valence electrons. The van der Waals surface area contributed by atoms with Gasteiger partial charge in [0.1, 0.15) is 7.14 Å². The lowest BCUT2D eigenvalue weighted by Gasteiger charge is -2.37. The Hall–Kier alpha value is -1.59. The number of allylic oxidation sites excluding steroid dienone is 2. The lowest BCUT2D eigenvalue weighted by Crippen LogP contribution is -2.33. The Labute approximate surface area is 157 Å². The molecule has 0 heterocycles. The summed E-state index contributed by atoms with van der Waals surface area (Å²) in [5.41, 5.74) is 1.67. The second-order valence-corrected chi connectivity index (χ2v) is 10.7. The Morgan fingerprint density at radius 2 is 1.35 bits per heavy atom. The maximum atomic E-state index is 15.0. The predicted octanol–water partition coefficient (Wildman–Crippen LogP) is 6.06. The molecular weight excluding hydrogens is 335 g/mol. The van der Waals surface area contributed by atoms with Gasteiger partial charge in [-0.2, -0.15) is 0 Å². The molecule has 0 bridgehead atoms. The predicted molar refractivity (Wildman–Crippen MR) is 112 cm³/mol. The van der Waals surface area contributed by atoms with Gasteiger partial charge < -0.3 is 4.57 Å². The topological polar surface area (TPSA) is 17.1 Å². The van der Waals surface area contributed by atoms with Crippen LogP contribution in [0.5, 0.6) is 0 Å². The maximum Gasteiger partial charge on any atom is 0.150 e. The molecule has 2 aromatic carbocycles. The fourth-order valence-corrected chi connectivity index (χ4v) is 8.78. The van der Waals surface area contributed by atoms with E-state index in [1.54, 1.807) is 0 Å². The van der Waals surface area contributed by atoms with Crippen molar-refractivity contribution in [2.45, 2.75) is 57.0 Å². The van der Waals surface area contributed by atoms with Crippen molar-refractivity contribution < 1.29 is 4.57 Å². The van der Waals surface area contributed by atoms with Crippen molar-refractivity contribution in [3.05, 3.63) is 72.3 Å². The van der Waals surface area contributed by atoms with E-state index in [4.69, 9.17) is 0 Å². The lowest BCUT2D eigenvalue weighted by atomic mass is 9.84.